The van der Waals surface area contributed by atoms with Crippen LogP contribution in [0.15, 0.2) is 42.5 Å². The third-order valence-corrected chi connectivity index (χ3v) is 6.46. The highest BCUT2D eigenvalue weighted by Gasteiger charge is 2.19. The first-order valence-corrected chi connectivity index (χ1v) is 11.0. The van der Waals surface area contributed by atoms with E-state index in [1.54, 1.807) is 26.0 Å². The summed E-state index contributed by atoms with van der Waals surface area (Å²) in [6.45, 7) is 2.22. The minimum absolute atomic E-state index is 0.176. The molecule has 4 aromatic rings. The fourth-order valence-corrected chi connectivity index (χ4v) is 4.76. The van der Waals surface area contributed by atoms with Crippen molar-refractivity contribution in [1.82, 2.24) is 15.1 Å². The van der Waals surface area contributed by atoms with Crippen molar-refractivity contribution < 1.29 is 19.0 Å². The van der Waals surface area contributed by atoms with E-state index in [0.717, 1.165) is 27.2 Å². The van der Waals surface area contributed by atoms with E-state index in [4.69, 9.17) is 25.8 Å². The molecule has 9 heteroatoms. The molecule has 1 amide bonds. The van der Waals surface area contributed by atoms with Gasteiger partial charge in [0.1, 0.15) is 4.83 Å². The number of nitrogens with one attached hydrogen (secondary N) is 1. The number of ether oxygens (including phenoxy) is 3. The molecular formula is C23H22ClN3O4S. The summed E-state index contributed by atoms with van der Waals surface area (Å²) < 4.78 is 17.9. The Hall–Kier alpha value is -3.23. The largest absolute Gasteiger partial charge is 0.493 e. The lowest BCUT2D eigenvalue weighted by Crippen LogP contribution is -2.21. The molecule has 2 aromatic heterocycles. The highest BCUT2D eigenvalue weighted by Crippen LogP contribution is 2.38. The van der Waals surface area contributed by atoms with Gasteiger partial charge in [-0.3, -0.25) is 4.79 Å². The van der Waals surface area contributed by atoms with Crippen LogP contribution in [0.5, 0.6) is 17.2 Å². The molecule has 0 atom stereocenters. The number of aryl methyl sites for hydroxylation is 1. The van der Waals surface area contributed by atoms with Crippen LogP contribution in [0.25, 0.3) is 15.9 Å². The fourth-order valence-electron chi connectivity index (χ4n) is 3.45. The van der Waals surface area contributed by atoms with Crippen molar-refractivity contribution in [3.8, 4) is 22.9 Å². The van der Waals surface area contributed by atoms with Crippen molar-refractivity contribution in [3.63, 3.8) is 0 Å². The molecular weight excluding hydrogens is 450 g/mol. The van der Waals surface area contributed by atoms with E-state index >= 15 is 0 Å². The smallest absolute Gasteiger partial charge is 0.261 e. The molecule has 0 saturated carbocycles. The lowest BCUT2D eigenvalue weighted by atomic mass is 10.1. The monoisotopic (exact) mass is 471 g/mol. The molecule has 2 aromatic carbocycles. The van der Waals surface area contributed by atoms with Gasteiger partial charge in [-0.2, -0.15) is 5.10 Å². The number of amides is 1. The first-order chi connectivity index (χ1) is 15.5. The number of para-hydroxylation sites is 1. The Morgan fingerprint density at radius 2 is 1.78 bits per heavy atom. The Morgan fingerprint density at radius 1 is 1.09 bits per heavy atom. The number of thiophene rings is 1. The lowest BCUT2D eigenvalue weighted by molar-refractivity contribution is 0.0955. The zero-order valence-corrected chi connectivity index (χ0v) is 19.6. The van der Waals surface area contributed by atoms with Crippen LogP contribution in [0.3, 0.4) is 0 Å². The molecule has 0 fully saturated rings. The van der Waals surface area contributed by atoms with Crippen LogP contribution >= 0.6 is 22.9 Å². The molecule has 0 unspecified atom stereocenters. The highest BCUT2D eigenvalue weighted by atomic mass is 35.5. The SMILES string of the molecule is COc1cc(CNC(=O)c2cc3c(C)nn(-c4ccccc4Cl)c3s2)cc(OC)c1OC. The summed E-state index contributed by atoms with van der Waals surface area (Å²) in [5.74, 6) is 1.40. The summed E-state index contributed by atoms with van der Waals surface area (Å²) in [7, 11) is 4.66. The average molecular weight is 472 g/mol. The van der Waals surface area contributed by atoms with Crippen LogP contribution in [-0.2, 0) is 6.54 Å². The summed E-state index contributed by atoms with van der Waals surface area (Å²) in [6.07, 6.45) is 0. The maximum absolute atomic E-state index is 12.9. The lowest BCUT2D eigenvalue weighted by Gasteiger charge is -2.14. The summed E-state index contributed by atoms with van der Waals surface area (Å²) in [5.41, 5.74) is 2.44. The van der Waals surface area contributed by atoms with E-state index in [1.807, 2.05) is 49.4 Å². The zero-order chi connectivity index (χ0) is 22.8. The van der Waals surface area contributed by atoms with Crippen molar-refractivity contribution >= 4 is 39.1 Å². The molecule has 1 N–H and O–H groups in total. The summed E-state index contributed by atoms with van der Waals surface area (Å²) in [4.78, 5) is 14.4. The zero-order valence-electron chi connectivity index (χ0n) is 18.1. The summed E-state index contributed by atoms with van der Waals surface area (Å²) >= 11 is 7.73. The molecule has 0 aliphatic rings. The predicted molar refractivity (Wildman–Crippen MR) is 126 cm³/mol. The van der Waals surface area contributed by atoms with E-state index in [-0.39, 0.29) is 5.91 Å². The maximum Gasteiger partial charge on any atom is 0.261 e. The van der Waals surface area contributed by atoms with Crippen LogP contribution in [-0.4, -0.2) is 37.0 Å². The Kier molecular flexibility index (Phi) is 6.25. The normalized spacial score (nSPS) is 10.9. The Labute approximate surface area is 194 Å². The van der Waals surface area contributed by atoms with Crippen molar-refractivity contribution in [3.05, 3.63) is 63.6 Å². The van der Waals surface area contributed by atoms with Crippen LogP contribution in [0.1, 0.15) is 20.9 Å². The minimum atomic E-state index is -0.176. The van der Waals surface area contributed by atoms with Crippen molar-refractivity contribution in [2.75, 3.05) is 21.3 Å². The number of aromatic nitrogens is 2. The second-order valence-corrected chi connectivity index (χ2v) is 8.43. The summed E-state index contributed by atoms with van der Waals surface area (Å²) in [6, 6.07) is 13.0. The second-order valence-electron chi connectivity index (χ2n) is 6.99. The third-order valence-electron chi connectivity index (χ3n) is 5.03. The molecule has 0 aliphatic carbocycles. The quantitative estimate of drug-likeness (QED) is 0.410. The number of fused-ring (bicyclic) bond motifs is 1. The molecule has 0 aliphatic heterocycles. The van der Waals surface area contributed by atoms with E-state index in [1.165, 1.54) is 11.3 Å². The summed E-state index contributed by atoms with van der Waals surface area (Å²) in [5, 5.41) is 9.08. The van der Waals surface area contributed by atoms with Gasteiger partial charge in [0.2, 0.25) is 5.75 Å². The number of carbonyl (C=O) groups is 1. The molecule has 4 rings (SSSR count). The Morgan fingerprint density at radius 3 is 2.41 bits per heavy atom. The molecule has 7 nitrogen and oxygen atoms in total. The molecule has 0 bridgehead atoms. The maximum atomic E-state index is 12.9. The molecule has 0 saturated heterocycles. The number of benzene rings is 2. The predicted octanol–water partition coefficient (Wildman–Crippen LogP) is 5.00. The van der Waals surface area contributed by atoms with Gasteiger partial charge in [0.15, 0.2) is 11.5 Å². The number of hydrogen-bond donors (Lipinski definition) is 1. The minimum Gasteiger partial charge on any atom is -0.493 e. The van der Waals surface area contributed by atoms with Gasteiger partial charge < -0.3 is 19.5 Å². The van der Waals surface area contributed by atoms with Crippen LogP contribution < -0.4 is 19.5 Å². The fraction of sp³-hybridized carbons (Fsp3) is 0.217. The van der Waals surface area contributed by atoms with Crippen molar-refractivity contribution in [2.45, 2.75) is 13.5 Å². The standard InChI is InChI=1S/C23H22ClN3O4S/c1-13-15-11-20(32-23(15)27(26-13)17-8-6-5-7-16(17)24)22(28)25-12-14-9-18(29-2)21(31-4)19(10-14)30-3/h5-11H,12H2,1-4H3,(H,25,28). The molecule has 0 spiro atoms. The molecule has 0 radical (unpaired) electrons. The average Bonchev–Trinajstić information content (AvgIpc) is 3.37. The van der Waals surface area contributed by atoms with Gasteiger partial charge in [0.05, 0.1) is 42.6 Å². The number of hydrogen-bond acceptors (Lipinski definition) is 6. The van der Waals surface area contributed by atoms with Gasteiger partial charge in [0.25, 0.3) is 5.91 Å². The number of halogens is 1. The van der Waals surface area contributed by atoms with Crippen LogP contribution in [0.4, 0.5) is 0 Å². The van der Waals surface area contributed by atoms with Gasteiger partial charge in [-0.05, 0) is 42.8 Å². The highest BCUT2D eigenvalue weighted by molar-refractivity contribution is 7.20. The Bertz CT molecular complexity index is 1270. The topological polar surface area (TPSA) is 74.6 Å². The van der Waals surface area contributed by atoms with Crippen LogP contribution in [0.2, 0.25) is 5.02 Å². The van der Waals surface area contributed by atoms with Gasteiger partial charge >= 0.3 is 0 Å². The van der Waals surface area contributed by atoms with E-state index in [2.05, 4.69) is 10.4 Å². The molecule has 2 heterocycles. The Balaban J connectivity index is 1.59. The molecule has 32 heavy (non-hydrogen) atoms. The van der Waals surface area contributed by atoms with E-state index in [0.29, 0.717) is 33.7 Å². The molecule has 166 valence electrons. The first kappa shape index (κ1) is 22.0. The number of carbonyl (C=O) groups excluding carboxylic acids is 1. The van der Waals surface area contributed by atoms with Crippen LogP contribution in [0, 0.1) is 6.92 Å². The van der Waals surface area contributed by atoms with E-state index < -0.39 is 0 Å². The van der Waals surface area contributed by atoms with Gasteiger partial charge in [-0.25, -0.2) is 4.68 Å². The number of rotatable bonds is 7. The van der Waals surface area contributed by atoms with Crippen molar-refractivity contribution in [2.24, 2.45) is 0 Å². The van der Waals surface area contributed by atoms with Gasteiger partial charge in [-0.15, -0.1) is 11.3 Å². The van der Waals surface area contributed by atoms with E-state index in [9.17, 15) is 4.79 Å². The first-order valence-electron chi connectivity index (χ1n) is 9.78. The third kappa shape index (κ3) is 3.99. The number of methoxy groups -OCH3 is 3. The number of nitrogens with zero attached hydrogens (tertiary/aromatic N) is 2. The van der Waals surface area contributed by atoms with Gasteiger partial charge in [-0.1, -0.05) is 23.7 Å². The van der Waals surface area contributed by atoms with Gasteiger partial charge in [0, 0.05) is 11.9 Å². The second kappa shape index (κ2) is 9.10. The van der Waals surface area contributed by atoms with Crippen molar-refractivity contribution in [1.29, 1.82) is 0 Å².